The van der Waals surface area contributed by atoms with Gasteiger partial charge in [-0.05, 0) is 41.7 Å². The molecule has 1 aromatic heterocycles. The number of sulfonamides is 1. The Labute approximate surface area is 122 Å². The Hall–Kier alpha value is -0.370. The minimum atomic E-state index is -3.46. The predicted molar refractivity (Wildman–Crippen MR) is 76.3 cm³/mol. The molecule has 7 heteroatoms. The van der Waals surface area contributed by atoms with Crippen molar-refractivity contribution in [2.75, 3.05) is 20.1 Å². The first-order chi connectivity index (χ1) is 8.95. The molecule has 0 spiro atoms. The van der Waals surface area contributed by atoms with E-state index in [-0.39, 0.29) is 9.56 Å². The molecule has 0 aliphatic carbocycles. The highest BCUT2D eigenvalue weighted by molar-refractivity contribution is 9.10. The Balaban J connectivity index is 2.28. The second-order valence-corrected chi connectivity index (χ2v) is 7.62. The second-order valence-electron chi connectivity index (χ2n) is 4.99. The maximum atomic E-state index is 12.6. The number of halogens is 1. The zero-order chi connectivity index (χ0) is 14.0. The van der Waals surface area contributed by atoms with Crippen LogP contribution in [-0.2, 0) is 16.6 Å². The highest BCUT2D eigenvalue weighted by atomic mass is 79.9. The van der Waals surface area contributed by atoms with Gasteiger partial charge in [0.2, 0.25) is 10.0 Å². The first kappa shape index (κ1) is 15.0. The largest absolute Gasteiger partial charge is 0.452 e. The molecule has 1 fully saturated rings. The summed E-state index contributed by atoms with van der Waals surface area (Å²) >= 11 is 3.20. The lowest BCUT2D eigenvalue weighted by molar-refractivity contribution is 0.281. The van der Waals surface area contributed by atoms with Gasteiger partial charge in [-0.3, -0.25) is 0 Å². The van der Waals surface area contributed by atoms with Gasteiger partial charge in [-0.1, -0.05) is 6.92 Å². The Morgan fingerprint density at radius 3 is 2.95 bits per heavy atom. The first-order valence-electron chi connectivity index (χ1n) is 6.38. The molecule has 0 saturated carbocycles. The Morgan fingerprint density at radius 1 is 1.58 bits per heavy atom. The monoisotopic (exact) mass is 350 g/mol. The summed E-state index contributed by atoms with van der Waals surface area (Å²) in [6.45, 7) is 3.76. The van der Waals surface area contributed by atoms with Crippen molar-refractivity contribution in [3.8, 4) is 0 Å². The van der Waals surface area contributed by atoms with Crippen molar-refractivity contribution >= 4 is 26.0 Å². The molecule has 1 aromatic rings. The summed E-state index contributed by atoms with van der Waals surface area (Å²) in [7, 11) is -1.67. The highest BCUT2D eigenvalue weighted by Gasteiger charge is 2.32. The lowest BCUT2D eigenvalue weighted by atomic mass is 10.0. The Morgan fingerprint density at radius 2 is 2.32 bits per heavy atom. The fourth-order valence-electron chi connectivity index (χ4n) is 2.34. The van der Waals surface area contributed by atoms with Crippen molar-refractivity contribution in [1.82, 2.24) is 9.62 Å². The molecule has 0 bridgehead atoms. The number of nitrogens with one attached hydrogen (secondary N) is 1. The average molecular weight is 351 g/mol. The third-order valence-corrected chi connectivity index (χ3v) is 6.02. The summed E-state index contributed by atoms with van der Waals surface area (Å²) in [5, 5.41) is 2.94. The number of hydrogen-bond donors (Lipinski definition) is 1. The van der Waals surface area contributed by atoms with Gasteiger partial charge in [0, 0.05) is 19.2 Å². The average Bonchev–Trinajstić information content (AvgIpc) is 2.71. The predicted octanol–water partition coefficient (Wildman–Crippen LogP) is 2.18. The molecular formula is C12H19BrN2O3S. The maximum Gasteiger partial charge on any atom is 0.247 e. The van der Waals surface area contributed by atoms with Crippen LogP contribution in [0.1, 0.15) is 25.5 Å². The third-order valence-electron chi connectivity index (χ3n) is 3.30. The lowest BCUT2D eigenvalue weighted by Crippen LogP contribution is -2.39. The third kappa shape index (κ3) is 3.21. The standard InChI is InChI=1S/C12H19BrN2O3S/c1-9-4-3-5-15(8-9)19(16,17)11-6-10(7-14-2)18-12(11)13/h6,9,14H,3-5,7-8H2,1-2H3. The van der Waals surface area contributed by atoms with E-state index in [9.17, 15) is 8.42 Å². The Kier molecular flexibility index (Phi) is 4.70. The van der Waals surface area contributed by atoms with Crippen LogP contribution in [0.15, 0.2) is 20.0 Å². The van der Waals surface area contributed by atoms with Crippen LogP contribution < -0.4 is 5.32 Å². The van der Waals surface area contributed by atoms with Gasteiger partial charge in [0.05, 0.1) is 6.54 Å². The van der Waals surface area contributed by atoms with Crippen LogP contribution in [0.2, 0.25) is 0 Å². The van der Waals surface area contributed by atoms with Crippen LogP contribution in [0.4, 0.5) is 0 Å². The molecule has 0 radical (unpaired) electrons. The number of nitrogens with zero attached hydrogens (tertiary/aromatic N) is 1. The van der Waals surface area contributed by atoms with Gasteiger partial charge in [0.1, 0.15) is 10.7 Å². The van der Waals surface area contributed by atoms with Gasteiger partial charge < -0.3 is 9.73 Å². The van der Waals surface area contributed by atoms with Crippen LogP contribution in [0.5, 0.6) is 0 Å². The van der Waals surface area contributed by atoms with Crippen molar-refractivity contribution in [3.63, 3.8) is 0 Å². The quantitative estimate of drug-likeness (QED) is 0.903. The summed E-state index contributed by atoms with van der Waals surface area (Å²) in [5.74, 6) is 1.02. The van der Waals surface area contributed by atoms with Gasteiger partial charge >= 0.3 is 0 Å². The van der Waals surface area contributed by atoms with Gasteiger partial charge in [0.25, 0.3) is 0 Å². The minimum Gasteiger partial charge on any atom is -0.452 e. The number of hydrogen-bond acceptors (Lipinski definition) is 4. The van der Waals surface area contributed by atoms with Crippen LogP contribution in [0, 0.1) is 5.92 Å². The summed E-state index contributed by atoms with van der Waals surface area (Å²) < 4.78 is 32.4. The molecule has 0 amide bonds. The van der Waals surface area contributed by atoms with E-state index < -0.39 is 10.0 Å². The molecule has 5 nitrogen and oxygen atoms in total. The summed E-state index contributed by atoms with van der Waals surface area (Å²) in [4.78, 5) is 0.229. The molecule has 1 N–H and O–H groups in total. The van der Waals surface area contributed by atoms with Crippen molar-refractivity contribution in [2.24, 2.45) is 5.92 Å². The SMILES string of the molecule is CNCc1cc(S(=O)(=O)N2CCCC(C)C2)c(Br)o1. The van der Waals surface area contributed by atoms with Gasteiger partial charge in [-0.15, -0.1) is 0 Å². The van der Waals surface area contributed by atoms with Gasteiger partial charge in [-0.25, -0.2) is 8.42 Å². The molecule has 2 rings (SSSR count). The maximum absolute atomic E-state index is 12.6. The van der Waals surface area contributed by atoms with E-state index in [0.29, 0.717) is 31.3 Å². The zero-order valence-corrected chi connectivity index (χ0v) is 13.6. The second kappa shape index (κ2) is 5.95. The smallest absolute Gasteiger partial charge is 0.247 e. The zero-order valence-electron chi connectivity index (χ0n) is 11.1. The Bertz CT molecular complexity index is 541. The fraction of sp³-hybridized carbons (Fsp3) is 0.667. The van der Waals surface area contributed by atoms with E-state index in [0.717, 1.165) is 12.8 Å². The molecule has 1 atom stereocenters. The lowest BCUT2D eigenvalue weighted by Gasteiger charge is -2.29. The topological polar surface area (TPSA) is 62.6 Å². The first-order valence-corrected chi connectivity index (χ1v) is 8.61. The molecule has 1 unspecified atom stereocenters. The van der Waals surface area contributed by atoms with Crippen molar-refractivity contribution < 1.29 is 12.8 Å². The van der Waals surface area contributed by atoms with E-state index in [4.69, 9.17) is 4.42 Å². The van der Waals surface area contributed by atoms with Crippen LogP contribution in [0.25, 0.3) is 0 Å². The number of rotatable bonds is 4. The van der Waals surface area contributed by atoms with Crippen molar-refractivity contribution in [2.45, 2.75) is 31.2 Å². The van der Waals surface area contributed by atoms with Crippen LogP contribution in [0.3, 0.4) is 0 Å². The fourth-order valence-corrected chi connectivity index (χ4v) is 4.90. The van der Waals surface area contributed by atoms with E-state index in [1.807, 2.05) is 0 Å². The van der Waals surface area contributed by atoms with E-state index in [2.05, 4.69) is 28.2 Å². The molecule has 108 valence electrons. The molecule has 1 aliphatic rings. The number of piperidine rings is 1. The summed E-state index contributed by atoms with van der Waals surface area (Å²) in [5.41, 5.74) is 0. The van der Waals surface area contributed by atoms with Gasteiger partial charge in [0.15, 0.2) is 4.67 Å². The van der Waals surface area contributed by atoms with Crippen LogP contribution >= 0.6 is 15.9 Å². The normalized spacial score (nSPS) is 21.7. The summed E-state index contributed by atoms with van der Waals surface area (Å²) in [6, 6.07) is 1.59. The van der Waals surface area contributed by atoms with Crippen molar-refractivity contribution in [3.05, 3.63) is 16.5 Å². The van der Waals surface area contributed by atoms with Gasteiger partial charge in [-0.2, -0.15) is 4.31 Å². The van der Waals surface area contributed by atoms with Crippen molar-refractivity contribution in [1.29, 1.82) is 0 Å². The molecule has 19 heavy (non-hydrogen) atoms. The highest BCUT2D eigenvalue weighted by Crippen LogP contribution is 2.31. The molecular weight excluding hydrogens is 332 g/mol. The van der Waals surface area contributed by atoms with Crippen LogP contribution in [-0.4, -0.2) is 32.9 Å². The molecule has 1 saturated heterocycles. The van der Waals surface area contributed by atoms with E-state index in [1.54, 1.807) is 17.4 Å². The molecule has 1 aliphatic heterocycles. The molecule has 2 heterocycles. The number of furan rings is 1. The minimum absolute atomic E-state index is 0.229. The summed E-state index contributed by atoms with van der Waals surface area (Å²) in [6.07, 6.45) is 2.00. The van der Waals surface area contributed by atoms with E-state index in [1.165, 1.54) is 0 Å². The van der Waals surface area contributed by atoms with E-state index >= 15 is 0 Å². The molecule has 0 aromatic carbocycles.